The van der Waals surface area contributed by atoms with E-state index in [-0.39, 0.29) is 17.7 Å². The first-order chi connectivity index (χ1) is 12.0. The van der Waals surface area contributed by atoms with Crippen LogP contribution in [0.4, 0.5) is 0 Å². The van der Waals surface area contributed by atoms with Crippen molar-refractivity contribution in [2.45, 2.75) is 6.92 Å². The highest BCUT2D eigenvalue weighted by atomic mass is 16.3. The van der Waals surface area contributed by atoms with Gasteiger partial charge in [-0.15, -0.1) is 0 Å². The molecular weight excluding hydrogens is 324 g/mol. The van der Waals surface area contributed by atoms with E-state index in [0.717, 1.165) is 0 Å². The number of hydrogen-bond donors (Lipinski definition) is 0. The highest BCUT2D eigenvalue weighted by Gasteiger charge is 2.27. The van der Waals surface area contributed by atoms with Crippen LogP contribution in [-0.2, 0) is 9.59 Å². The Morgan fingerprint density at radius 3 is 2.08 bits per heavy atom. The first-order valence-electron chi connectivity index (χ1n) is 8.61. The molecule has 8 heteroatoms. The molecule has 2 fully saturated rings. The molecule has 0 spiro atoms. The number of carbonyl (C=O) groups is 3. The third-order valence-electron chi connectivity index (χ3n) is 4.86. The molecule has 3 rings (SSSR count). The largest absolute Gasteiger partial charge is 0.472 e. The van der Waals surface area contributed by atoms with Crippen molar-refractivity contribution < 1.29 is 18.8 Å². The number of hydrogen-bond acceptors (Lipinski definition) is 5. The molecule has 1 aromatic rings. The summed E-state index contributed by atoms with van der Waals surface area (Å²) < 4.78 is 4.96. The normalized spacial score (nSPS) is 19.2. The van der Waals surface area contributed by atoms with Crippen LogP contribution in [-0.4, -0.2) is 96.2 Å². The van der Waals surface area contributed by atoms with E-state index in [1.54, 1.807) is 22.8 Å². The standard InChI is InChI=1S/C17H24N4O4/c1-14(22)19-7-9-20(10-8-19)16(23)12-18-3-5-21(6-4-18)17(24)15-2-11-25-13-15/h2,11,13H,3-10,12H2,1H3. The molecule has 2 aliphatic rings. The van der Waals surface area contributed by atoms with Gasteiger partial charge in [-0.3, -0.25) is 19.3 Å². The topological polar surface area (TPSA) is 77.3 Å². The highest BCUT2D eigenvalue weighted by Crippen LogP contribution is 2.10. The van der Waals surface area contributed by atoms with Gasteiger partial charge >= 0.3 is 0 Å². The van der Waals surface area contributed by atoms with Crippen molar-refractivity contribution >= 4 is 17.7 Å². The van der Waals surface area contributed by atoms with Gasteiger partial charge in [-0.1, -0.05) is 0 Å². The molecule has 3 heterocycles. The summed E-state index contributed by atoms with van der Waals surface area (Å²) >= 11 is 0. The first-order valence-corrected chi connectivity index (χ1v) is 8.61. The van der Waals surface area contributed by atoms with Crippen LogP contribution in [0.2, 0.25) is 0 Å². The Hall–Kier alpha value is -2.35. The number of rotatable bonds is 3. The fraction of sp³-hybridized carbons (Fsp3) is 0.588. The number of nitrogens with zero attached hydrogens (tertiary/aromatic N) is 4. The maximum Gasteiger partial charge on any atom is 0.257 e. The minimum Gasteiger partial charge on any atom is -0.472 e. The minimum atomic E-state index is -0.0277. The third kappa shape index (κ3) is 4.19. The average Bonchev–Trinajstić information content (AvgIpc) is 3.16. The van der Waals surface area contributed by atoms with Crippen LogP contribution in [0.15, 0.2) is 23.0 Å². The number of piperazine rings is 2. The lowest BCUT2D eigenvalue weighted by molar-refractivity contribution is -0.139. The fourth-order valence-electron chi connectivity index (χ4n) is 3.24. The van der Waals surface area contributed by atoms with Crippen molar-refractivity contribution in [3.63, 3.8) is 0 Å². The van der Waals surface area contributed by atoms with Gasteiger partial charge in [0.2, 0.25) is 11.8 Å². The predicted molar refractivity (Wildman–Crippen MR) is 89.9 cm³/mol. The van der Waals surface area contributed by atoms with E-state index in [9.17, 15) is 14.4 Å². The van der Waals surface area contributed by atoms with E-state index >= 15 is 0 Å². The van der Waals surface area contributed by atoms with E-state index in [1.165, 1.54) is 12.5 Å². The molecule has 0 bridgehead atoms. The van der Waals surface area contributed by atoms with Gasteiger partial charge in [-0.25, -0.2) is 0 Å². The lowest BCUT2D eigenvalue weighted by atomic mass is 10.2. The van der Waals surface area contributed by atoms with Crippen molar-refractivity contribution in [3.05, 3.63) is 24.2 Å². The molecule has 8 nitrogen and oxygen atoms in total. The summed E-state index contributed by atoms with van der Waals surface area (Å²) in [7, 11) is 0. The van der Waals surface area contributed by atoms with Crippen molar-refractivity contribution in [3.8, 4) is 0 Å². The zero-order valence-electron chi connectivity index (χ0n) is 14.5. The Bertz CT molecular complexity index is 615. The zero-order valence-corrected chi connectivity index (χ0v) is 14.5. The van der Waals surface area contributed by atoms with Crippen molar-refractivity contribution in [1.82, 2.24) is 19.6 Å². The molecule has 0 saturated carbocycles. The van der Waals surface area contributed by atoms with Gasteiger partial charge < -0.3 is 19.1 Å². The minimum absolute atomic E-state index is 0.0277. The molecule has 0 aliphatic carbocycles. The number of amides is 3. The third-order valence-corrected chi connectivity index (χ3v) is 4.86. The molecule has 25 heavy (non-hydrogen) atoms. The van der Waals surface area contributed by atoms with Gasteiger partial charge in [0.1, 0.15) is 6.26 Å². The Morgan fingerprint density at radius 1 is 0.920 bits per heavy atom. The fourth-order valence-corrected chi connectivity index (χ4v) is 3.24. The molecule has 0 atom stereocenters. The molecule has 0 unspecified atom stereocenters. The first kappa shape index (κ1) is 17.5. The van der Waals surface area contributed by atoms with E-state index in [2.05, 4.69) is 4.90 Å². The summed E-state index contributed by atoms with van der Waals surface area (Å²) in [6.45, 7) is 6.91. The van der Waals surface area contributed by atoms with E-state index in [0.29, 0.717) is 64.5 Å². The summed E-state index contributed by atoms with van der Waals surface area (Å²) in [5.74, 6) is 0.128. The van der Waals surface area contributed by atoms with E-state index < -0.39 is 0 Å². The zero-order chi connectivity index (χ0) is 17.8. The van der Waals surface area contributed by atoms with E-state index in [4.69, 9.17) is 4.42 Å². The highest BCUT2D eigenvalue weighted by molar-refractivity contribution is 5.93. The quantitative estimate of drug-likeness (QED) is 0.751. The van der Waals surface area contributed by atoms with Crippen LogP contribution in [0.1, 0.15) is 17.3 Å². The van der Waals surface area contributed by atoms with E-state index in [1.807, 2.05) is 4.90 Å². The van der Waals surface area contributed by atoms with Gasteiger partial charge in [0.25, 0.3) is 5.91 Å². The lowest BCUT2D eigenvalue weighted by Gasteiger charge is -2.37. The van der Waals surface area contributed by atoms with Crippen LogP contribution in [0.25, 0.3) is 0 Å². The van der Waals surface area contributed by atoms with Gasteiger partial charge in [0.05, 0.1) is 18.4 Å². The molecule has 0 aromatic carbocycles. The van der Waals surface area contributed by atoms with Crippen LogP contribution >= 0.6 is 0 Å². The van der Waals surface area contributed by atoms with Crippen LogP contribution in [0, 0.1) is 0 Å². The maximum absolute atomic E-state index is 12.4. The monoisotopic (exact) mass is 348 g/mol. The summed E-state index contributed by atoms with van der Waals surface area (Å²) in [5, 5.41) is 0. The Labute approximate surface area is 146 Å². The van der Waals surface area contributed by atoms with Crippen molar-refractivity contribution in [2.75, 3.05) is 58.9 Å². The smallest absolute Gasteiger partial charge is 0.257 e. The molecule has 0 N–H and O–H groups in total. The molecule has 3 amide bonds. The molecule has 1 aromatic heterocycles. The number of carbonyl (C=O) groups excluding carboxylic acids is 3. The van der Waals surface area contributed by atoms with Crippen molar-refractivity contribution in [1.29, 1.82) is 0 Å². The summed E-state index contributed by atoms with van der Waals surface area (Å²) in [6, 6.07) is 1.67. The maximum atomic E-state index is 12.4. The van der Waals surface area contributed by atoms with Crippen LogP contribution in [0.3, 0.4) is 0 Å². The Morgan fingerprint density at radius 2 is 1.52 bits per heavy atom. The number of furan rings is 1. The van der Waals surface area contributed by atoms with Crippen molar-refractivity contribution in [2.24, 2.45) is 0 Å². The second-order valence-corrected chi connectivity index (χ2v) is 6.47. The SMILES string of the molecule is CC(=O)N1CCN(C(=O)CN2CCN(C(=O)c3ccoc3)CC2)CC1. The molecule has 0 radical (unpaired) electrons. The molecule has 136 valence electrons. The second kappa shape index (κ2) is 7.69. The molecule has 2 saturated heterocycles. The van der Waals surface area contributed by atoms with Gasteiger partial charge in [-0.05, 0) is 6.07 Å². The second-order valence-electron chi connectivity index (χ2n) is 6.47. The van der Waals surface area contributed by atoms with Crippen LogP contribution < -0.4 is 0 Å². The Kier molecular flexibility index (Phi) is 5.37. The predicted octanol–water partition coefficient (Wildman–Crippen LogP) is -0.272. The Balaban J connectivity index is 1.42. The van der Waals surface area contributed by atoms with Gasteiger partial charge in [0, 0.05) is 59.3 Å². The molecule has 2 aliphatic heterocycles. The summed E-state index contributed by atoms with van der Waals surface area (Å²) in [5.41, 5.74) is 0.563. The summed E-state index contributed by atoms with van der Waals surface area (Å²) in [4.78, 5) is 43.5. The van der Waals surface area contributed by atoms with Gasteiger partial charge in [0.15, 0.2) is 0 Å². The lowest BCUT2D eigenvalue weighted by Crippen LogP contribution is -2.54. The molecular formula is C17H24N4O4. The summed E-state index contributed by atoms with van der Waals surface area (Å²) in [6.07, 6.45) is 2.95. The average molecular weight is 348 g/mol. The van der Waals surface area contributed by atoms with Gasteiger partial charge in [-0.2, -0.15) is 0 Å². The van der Waals surface area contributed by atoms with Crippen LogP contribution in [0.5, 0.6) is 0 Å².